The highest BCUT2D eigenvalue weighted by Gasteiger charge is 2.13. The lowest BCUT2D eigenvalue weighted by atomic mass is 9.96. The van der Waals surface area contributed by atoms with Crippen LogP contribution in [-0.4, -0.2) is 10.2 Å². The summed E-state index contributed by atoms with van der Waals surface area (Å²) in [6, 6.07) is 8.81. The van der Waals surface area contributed by atoms with Crippen molar-refractivity contribution in [3.8, 4) is 22.6 Å². The van der Waals surface area contributed by atoms with Gasteiger partial charge in [-0.15, -0.1) is 25.6 Å². The van der Waals surface area contributed by atoms with Gasteiger partial charge in [0, 0.05) is 11.1 Å². The molecule has 0 spiro atoms. The van der Waals surface area contributed by atoms with Gasteiger partial charge in [-0.2, -0.15) is 0 Å². The van der Waals surface area contributed by atoms with Crippen LogP contribution in [0.1, 0.15) is 11.1 Å². The summed E-state index contributed by atoms with van der Waals surface area (Å²) in [7, 11) is 0. The summed E-state index contributed by atoms with van der Waals surface area (Å²) in [6.07, 6.45) is 4.89. The summed E-state index contributed by atoms with van der Waals surface area (Å²) in [5.41, 5.74) is 9.17. The first-order valence-corrected chi connectivity index (χ1v) is 6.72. The van der Waals surface area contributed by atoms with Gasteiger partial charge in [0.25, 0.3) is 0 Å². The molecule has 0 atom stereocenters. The molecule has 3 nitrogen and oxygen atoms in total. The molecule has 2 aromatic carbocycles. The summed E-state index contributed by atoms with van der Waals surface area (Å²) in [4.78, 5) is 0. The van der Waals surface area contributed by atoms with Gasteiger partial charge in [-0.25, -0.2) is 0 Å². The van der Waals surface area contributed by atoms with Gasteiger partial charge >= 0.3 is 0 Å². The number of allylic oxidation sites excluding steroid dienone is 2. The van der Waals surface area contributed by atoms with Crippen LogP contribution in [0.5, 0.6) is 11.5 Å². The molecule has 0 heterocycles. The Morgan fingerprint density at radius 2 is 1.50 bits per heavy atom. The van der Waals surface area contributed by atoms with E-state index in [0.717, 1.165) is 11.1 Å². The Kier molecular flexibility index (Phi) is 6.08. The third kappa shape index (κ3) is 3.62. The molecule has 22 heavy (non-hydrogen) atoms. The maximum absolute atomic E-state index is 10.2. The Morgan fingerprint density at radius 1 is 0.909 bits per heavy atom. The molecule has 0 aliphatic rings. The SMILES string of the molecule is C=CCc1ccc(O)c(-c2cc(CC=C)cc(N)c2O)c1.Cl. The van der Waals surface area contributed by atoms with Crippen molar-refractivity contribution in [2.75, 3.05) is 5.73 Å². The standard InChI is InChI=1S/C18H19NO2.ClH/c1-3-5-12-7-8-17(20)14(9-12)15-10-13(6-4-2)11-16(19)18(15)21;/h3-4,7-11,20-21H,1-2,5-6,19H2;1H. The number of nitrogen functional groups attached to an aromatic ring is 1. The summed E-state index contributed by atoms with van der Waals surface area (Å²) >= 11 is 0. The van der Waals surface area contributed by atoms with Crippen LogP contribution in [-0.2, 0) is 12.8 Å². The van der Waals surface area contributed by atoms with Crippen molar-refractivity contribution in [2.24, 2.45) is 0 Å². The molecular formula is C18H20ClNO2. The Labute approximate surface area is 136 Å². The average molecular weight is 318 g/mol. The minimum Gasteiger partial charge on any atom is -0.507 e. The monoisotopic (exact) mass is 317 g/mol. The first-order valence-electron chi connectivity index (χ1n) is 6.72. The normalized spacial score (nSPS) is 9.82. The highest BCUT2D eigenvalue weighted by atomic mass is 35.5. The van der Waals surface area contributed by atoms with Crippen molar-refractivity contribution in [3.05, 3.63) is 66.8 Å². The molecular weight excluding hydrogens is 298 g/mol. The molecule has 0 aliphatic carbocycles. The van der Waals surface area contributed by atoms with Crippen LogP contribution in [0.2, 0.25) is 0 Å². The van der Waals surface area contributed by atoms with Gasteiger partial charge in [-0.3, -0.25) is 0 Å². The quantitative estimate of drug-likeness (QED) is 0.439. The number of benzene rings is 2. The van der Waals surface area contributed by atoms with E-state index in [-0.39, 0.29) is 29.6 Å². The van der Waals surface area contributed by atoms with E-state index in [0.29, 0.717) is 24.0 Å². The second-order valence-electron chi connectivity index (χ2n) is 4.92. The molecule has 4 heteroatoms. The number of hydrogen-bond donors (Lipinski definition) is 3. The Bertz CT molecular complexity index is 696. The van der Waals surface area contributed by atoms with Crippen molar-refractivity contribution in [2.45, 2.75) is 12.8 Å². The van der Waals surface area contributed by atoms with E-state index >= 15 is 0 Å². The molecule has 2 aromatic rings. The molecule has 116 valence electrons. The Balaban J connectivity index is 0.00000242. The summed E-state index contributed by atoms with van der Waals surface area (Å²) in [5, 5.41) is 20.3. The van der Waals surface area contributed by atoms with Gasteiger partial charge in [-0.05, 0) is 48.2 Å². The molecule has 0 amide bonds. The predicted octanol–water partition coefficient (Wildman–Crippen LogP) is 4.23. The highest BCUT2D eigenvalue weighted by molar-refractivity contribution is 5.85. The van der Waals surface area contributed by atoms with Gasteiger partial charge in [0.2, 0.25) is 0 Å². The van der Waals surface area contributed by atoms with Gasteiger partial charge < -0.3 is 15.9 Å². The Morgan fingerprint density at radius 3 is 2.14 bits per heavy atom. The molecule has 4 N–H and O–H groups in total. The van der Waals surface area contributed by atoms with Crippen LogP contribution >= 0.6 is 12.4 Å². The number of hydrogen-bond acceptors (Lipinski definition) is 3. The molecule has 0 bridgehead atoms. The van der Waals surface area contributed by atoms with Crippen molar-refractivity contribution >= 4 is 18.1 Å². The molecule has 2 rings (SSSR count). The summed E-state index contributed by atoms with van der Waals surface area (Å²) in [5.74, 6) is 0.0853. The number of aromatic hydroxyl groups is 2. The predicted molar refractivity (Wildman–Crippen MR) is 94.7 cm³/mol. The largest absolute Gasteiger partial charge is 0.507 e. The summed E-state index contributed by atoms with van der Waals surface area (Å²) in [6.45, 7) is 7.41. The van der Waals surface area contributed by atoms with Crippen LogP contribution in [0, 0.1) is 0 Å². The van der Waals surface area contributed by atoms with E-state index < -0.39 is 0 Å². The lowest BCUT2D eigenvalue weighted by Gasteiger charge is -2.12. The van der Waals surface area contributed by atoms with E-state index in [4.69, 9.17) is 5.73 Å². The third-order valence-electron chi connectivity index (χ3n) is 3.31. The number of phenols is 2. The van der Waals surface area contributed by atoms with E-state index in [1.165, 1.54) is 0 Å². The minimum absolute atomic E-state index is 0. The molecule has 0 radical (unpaired) electrons. The zero-order valence-corrected chi connectivity index (χ0v) is 13.1. The van der Waals surface area contributed by atoms with E-state index in [1.54, 1.807) is 24.3 Å². The van der Waals surface area contributed by atoms with Crippen LogP contribution < -0.4 is 5.73 Å². The van der Waals surface area contributed by atoms with Crippen molar-refractivity contribution in [1.29, 1.82) is 0 Å². The smallest absolute Gasteiger partial charge is 0.146 e. The number of nitrogens with two attached hydrogens (primary N) is 1. The number of phenolic OH excluding ortho intramolecular Hbond substituents is 2. The molecule has 0 fully saturated rings. The minimum atomic E-state index is -0.0196. The number of anilines is 1. The zero-order valence-electron chi connectivity index (χ0n) is 12.2. The first-order chi connectivity index (χ1) is 10.1. The molecule has 0 aliphatic heterocycles. The third-order valence-corrected chi connectivity index (χ3v) is 3.31. The van der Waals surface area contributed by atoms with Crippen LogP contribution in [0.4, 0.5) is 5.69 Å². The van der Waals surface area contributed by atoms with Crippen LogP contribution in [0.15, 0.2) is 55.6 Å². The average Bonchev–Trinajstić information content (AvgIpc) is 2.45. The van der Waals surface area contributed by atoms with Gasteiger partial charge in [0.1, 0.15) is 11.5 Å². The van der Waals surface area contributed by atoms with Gasteiger partial charge in [-0.1, -0.05) is 18.2 Å². The maximum Gasteiger partial charge on any atom is 0.146 e. The number of halogens is 1. The topological polar surface area (TPSA) is 66.5 Å². The highest BCUT2D eigenvalue weighted by Crippen LogP contribution is 2.40. The van der Waals surface area contributed by atoms with E-state index in [2.05, 4.69) is 13.2 Å². The molecule has 0 unspecified atom stereocenters. The molecule has 0 aromatic heterocycles. The lowest BCUT2D eigenvalue weighted by molar-refractivity contribution is 0.470. The fraction of sp³-hybridized carbons (Fsp3) is 0.111. The van der Waals surface area contributed by atoms with Crippen molar-refractivity contribution in [3.63, 3.8) is 0 Å². The van der Waals surface area contributed by atoms with Crippen LogP contribution in [0.25, 0.3) is 11.1 Å². The van der Waals surface area contributed by atoms with Crippen LogP contribution in [0.3, 0.4) is 0 Å². The molecule has 0 saturated carbocycles. The number of rotatable bonds is 5. The van der Waals surface area contributed by atoms with Gasteiger partial charge in [0.05, 0.1) is 5.69 Å². The van der Waals surface area contributed by atoms with Gasteiger partial charge in [0.15, 0.2) is 0 Å². The Hall–Kier alpha value is -2.39. The van der Waals surface area contributed by atoms with Crippen molar-refractivity contribution < 1.29 is 10.2 Å². The van der Waals surface area contributed by atoms with E-state index in [9.17, 15) is 10.2 Å². The first kappa shape index (κ1) is 17.7. The lowest BCUT2D eigenvalue weighted by Crippen LogP contribution is -1.93. The summed E-state index contributed by atoms with van der Waals surface area (Å²) < 4.78 is 0. The van der Waals surface area contributed by atoms with E-state index in [1.807, 2.05) is 18.2 Å². The zero-order chi connectivity index (χ0) is 15.4. The molecule has 0 saturated heterocycles. The fourth-order valence-electron chi connectivity index (χ4n) is 2.30. The fourth-order valence-corrected chi connectivity index (χ4v) is 2.30. The van der Waals surface area contributed by atoms with Crippen molar-refractivity contribution in [1.82, 2.24) is 0 Å². The second-order valence-corrected chi connectivity index (χ2v) is 4.92. The second kappa shape index (κ2) is 7.57. The maximum atomic E-state index is 10.2.